The zero-order valence-corrected chi connectivity index (χ0v) is 11.3. The second kappa shape index (κ2) is 5.82. The van der Waals surface area contributed by atoms with Crippen molar-refractivity contribution in [3.63, 3.8) is 0 Å². The van der Waals surface area contributed by atoms with E-state index in [1.807, 2.05) is 6.92 Å². The fourth-order valence-corrected chi connectivity index (χ4v) is 1.59. The summed E-state index contributed by atoms with van der Waals surface area (Å²) in [7, 11) is 0. The lowest BCUT2D eigenvalue weighted by atomic mass is 10.3. The van der Waals surface area contributed by atoms with Crippen molar-refractivity contribution in [3.8, 4) is 17.5 Å². The lowest BCUT2D eigenvalue weighted by Gasteiger charge is -2.07. The third-order valence-corrected chi connectivity index (χ3v) is 2.75. The van der Waals surface area contributed by atoms with Gasteiger partial charge in [-0.05, 0) is 35.0 Å². The maximum atomic E-state index is 13.3. The number of ether oxygens (including phenoxy) is 2. The second-order valence-electron chi connectivity index (χ2n) is 3.43. The minimum atomic E-state index is -0.381. The van der Waals surface area contributed by atoms with E-state index in [-0.39, 0.29) is 5.82 Å². The van der Waals surface area contributed by atoms with Crippen molar-refractivity contribution in [1.29, 1.82) is 0 Å². The van der Waals surface area contributed by atoms with Crippen LogP contribution in [0.15, 0.2) is 40.9 Å². The van der Waals surface area contributed by atoms with Gasteiger partial charge in [-0.3, -0.25) is 0 Å². The number of halogens is 2. The van der Waals surface area contributed by atoms with Crippen LogP contribution in [0.2, 0.25) is 0 Å². The normalized spacial score (nSPS) is 10.2. The third kappa shape index (κ3) is 3.20. The van der Waals surface area contributed by atoms with Crippen LogP contribution in [0.1, 0.15) is 6.92 Å². The summed E-state index contributed by atoms with van der Waals surface area (Å²) in [6.07, 6.45) is 0. The highest BCUT2D eigenvalue weighted by Gasteiger charge is 2.04. The minimum absolute atomic E-state index is 0.364. The van der Waals surface area contributed by atoms with Gasteiger partial charge in [0, 0.05) is 18.2 Å². The smallest absolute Gasteiger partial charge is 0.222 e. The Bertz CT molecular complexity index is 548. The van der Waals surface area contributed by atoms with Crippen molar-refractivity contribution in [3.05, 3.63) is 46.7 Å². The Morgan fingerprint density at radius 3 is 2.72 bits per heavy atom. The van der Waals surface area contributed by atoms with E-state index in [0.29, 0.717) is 28.6 Å². The highest BCUT2D eigenvalue weighted by molar-refractivity contribution is 9.10. The number of hydrogen-bond acceptors (Lipinski definition) is 3. The van der Waals surface area contributed by atoms with Crippen LogP contribution in [0.4, 0.5) is 4.39 Å². The van der Waals surface area contributed by atoms with Crippen molar-refractivity contribution in [1.82, 2.24) is 4.98 Å². The molecule has 94 valence electrons. The number of pyridine rings is 1. The molecule has 0 unspecified atom stereocenters. The van der Waals surface area contributed by atoms with Gasteiger partial charge in [-0.1, -0.05) is 6.07 Å². The van der Waals surface area contributed by atoms with Crippen LogP contribution in [0.3, 0.4) is 0 Å². The molecule has 0 N–H and O–H groups in total. The summed E-state index contributed by atoms with van der Waals surface area (Å²) in [5, 5.41) is 0. The van der Waals surface area contributed by atoms with Gasteiger partial charge >= 0.3 is 0 Å². The maximum absolute atomic E-state index is 13.3. The van der Waals surface area contributed by atoms with E-state index < -0.39 is 0 Å². The maximum Gasteiger partial charge on any atom is 0.222 e. The van der Waals surface area contributed by atoms with Crippen molar-refractivity contribution in [2.75, 3.05) is 6.61 Å². The van der Waals surface area contributed by atoms with E-state index in [4.69, 9.17) is 9.47 Å². The van der Waals surface area contributed by atoms with Crippen LogP contribution in [0.25, 0.3) is 0 Å². The summed E-state index contributed by atoms with van der Waals surface area (Å²) in [6, 6.07) is 9.71. The molecular weight excluding hydrogens is 301 g/mol. The molecule has 1 heterocycles. The summed E-state index contributed by atoms with van der Waals surface area (Å²) in [6.45, 7) is 2.41. The van der Waals surface area contributed by atoms with Gasteiger partial charge in [0.2, 0.25) is 11.8 Å². The first-order chi connectivity index (χ1) is 8.69. The van der Waals surface area contributed by atoms with Crippen molar-refractivity contribution in [2.24, 2.45) is 0 Å². The molecule has 0 amide bonds. The van der Waals surface area contributed by atoms with E-state index in [9.17, 15) is 4.39 Å². The first kappa shape index (κ1) is 12.8. The monoisotopic (exact) mass is 311 g/mol. The molecule has 1 aromatic carbocycles. The molecule has 0 aliphatic rings. The molecule has 5 heteroatoms. The number of rotatable bonds is 4. The fourth-order valence-electron chi connectivity index (χ4n) is 1.34. The second-order valence-corrected chi connectivity index (χ2v) is 4.28. The summed E-state index contributed by atoms with van der Waals surface area (Å²) >= 11 is 3.08. The molecule has 0 radical (unpaired) electrons. The van der Waals surface area contributed by atoms with Gasteiger partial charge in [-0.2, -0.15) is 4.98 Å². The first-order valence-electron chi connectivity index (χ1n) is 5.42. The first-order valence-corrected chi connectivity index (χ1v) is 6.21. The number of aromatic nitrogens is 1. The highest BCUT2D eigenvalue weighted by atomic mass is 79.9. The average Bonchev–Trinajstić information content (AvgIpc) is 2.35. The third-order valence-electron chi connectivity index (χ3n) is 2.10. The largest absolute Gasteiger partial charge is 0.478 e. The van der Waals surface area contributed by atoms with Crippen molar-refractivity contribution < 1.29 is 13.9 Å². The molecule has 0 bridgehead atoms. The molecule has 0 fully saturated rings. The van der Waals surface area contributed by atoms with Gasteiger partial charge in [0.1, 0.15) is 11.6 Å². The average molecular weight is 312 g/mol. The van der Waals surface area contributed by atoms with E-state index in [1.54, 1.807) is 30.3 Å². The Morgan fingerprint density at radius 1 is 1.22 bits per heavy atom. The Kier molecular flexibility index (Phi) is 4.15. The zero-order chi connectivity index (χ0) is 13.0. The van der Waals surface area contributed by atoms with Crippen LogP contribution in [-0.2, 0) is 0 Å². The molecule has 0 aliphatic carbocycles. The van der Waals surface area contributed by atoms with Crippen molar-refractivity contribution in [2.45, 2.75) is 6.92 Å². The fraction of sp³-hybridized carbons (Fsp3) is 0.154. The topological polar surface area (TPSA) is 31.4 Å². The lowest BCUT2D eigenvalue weighted by molar-refractivity contribution is 0.321. The molecule has 2 aromatic rings. The molecule has 3 nitrogen and oxygen atoms in total. The molecule has 0 atom stereocenters. The van der Waals surface area contributed by atoms with E-state index in [2.05, 4.69) is 20.9 Å². The summed E-state index contributed by atoms with van der Waals surface area (Å²) in [4.78, 5) is 4.13. The molecule has 1 aromatic heterocycles. The lowest BCUT2D eigenvalue weighted by Crippen LogP contribution is -1.95. The number of benzene rings is 1. The van der Waals surface area contributed by atoms with E-state index in [0.717, 1.165) is 0 Å². The molecule has 0 spiro atoms. The SMILES string of the molecule is CCOc1cccc(Oc2ccc(Br)c(F)c2)n1. The predicted molar refractivity (Wildman–Crippen MR) is 69.6 cm³/mol. The summed E-state index contributed by atoms with van der Waals surface area (Å²) in [5.74, 6) is 0.848. The van der Waals surface area contributed by atoms with Gasteiger partial charge in [-0.25, -0.2) is 4.39 Å². The predicted octanol–water partition coefficient (Wildman–Crippen LogP) is 4.17. The molecule has 0 saturated carbocycles. The quantitative estimate of drug-likeness (QED) is 0.849. The van der Waals surface area contributed by atoms with Crippen LogP contribution in [-0.4, -0.2) is 11.6 Å². The standard InChI is InChI=1S/C13H11BrFNO2/c1-2-17-12-4-3-5-13(16-12)18-9-6-7-10(14)11(15)8-9/h3-8H,2H2,1H3. The Labute approximate surface area is 113 Å². The van der Waals surface area contributed by atoms with Crippen LogP contribution >= 0.6 is 15.9 Å². The highest BCUT2D eigenvalue weighted by Crippen LogP contribution is 2.25. The number of hydrogen-bond donors (Lipinski definition) is 0. The Hall–Kier alpha value is -1.62. The zero-order valence-electron chi connectivity index (χ0n) is 9.69. The van der Waals surface area contributed by atoms with E-state index in [1.165, 1.54) is 6.07 Å². The Morgan fingerprint density at radius 2 is 2.00 bits per heavy atom. The van der Waals surface area contributed by atoms with Crippen LogP contribution in [0.5, 0.6) is 17.5 Å². The van der Waals surface area contributed by atoms with Gasteiger partial charge in [0.05, 0.1) is 11.1 Å². The van der Waals surface area contributed by atoms with Gasteiger partial charge < -0.3 is 9.47 Å². The minimum Gasteiger partial charge on any atom is -0.478 e. The Balaban J connectivity index is 2.17. The molecule has 2 rings (SSSR count). The summed E-state index contributed by atoms with van der Waals surface area (Å²) < 4.78 is 24.4. The van der Waals surface area contributed by atoms with Gasteiger partial charge in [0.15, 0.2) is 0 Å². The molecule has 0 saturated heterocycles. The molecule has 18 heavy (non-hydrogen) atoms. The van der Waals surface area contributed by atoms with Crippen LogP contribution in [0, 0.1) is 5.82 Å². The van der Waals surface area contributed by atoms with E-state index >= 15 is 0 Å². The van der Waals surface area contributed by atoms with Gasteiger partial charge in [0.25, 0.3) is 0 Å². The van der Waals surface area contributed by atoms with Crippen molar-refractivity contribution >= 4 is 15.9 Å². The summed E-state index contributed by atoms with van der Waals surface area (Å²) in [5.41, 5.74) is 0. The van der Waals surface area contributed by atoms with Crippen LogP contribution < -0.4 is 9.47 Å². The number of nitrogens with zero attached hydrogens (tertiary/aromatic N) is 1. The van der Waals surface area contributed by atoms with Gasteiger partial charge in [-0.15, -0.1) is 0 Å². The molecule has 0 aliphatic heterocycles. The molecular formula is C13H11BrFNO2.